The van der Waals surface area contributed by atoms with E-state index in [4.69, 9.17) is 9.47 Å². The van der Waals surface area contributed by atoms with Gasteiger partial charge >= 0.3 is 5.97 Å². The van der Waals surface area contributed by atoms with Crippen LogP contribution in [-0.2, 0) is 32.5 Å². The molecule has 0 atom stereocenters. The number of carbonyl (C=O) groups is 2. The second-order valence-electron chi connectivity index (χ2n) is 7.89. The highest BCUT2D eigenvalue weighted by Gasteiger charge is 2.31. The minimum Gasteiger partial charge on any atom is -0.495 e. The summed E-state index contributed by atoms with van der Waals surface area (Å²) in [6.45, 7) is 1.52. The number of esters is 1. The number of benzene rings is 2. The van der Waals surface area contributed by atoms with Gasteiger partial charge in [0, 0.05) is 26.2 Å². The van der Waals surface area contributed by atoms with Crippen LogP contribution in [0.5, 0.6) is 5.75 Å². The van der Waals surface area contributed by atoms with E-state index in [9.17, 15) is 18.0 Å². The maximum Gasteiger partial charge on any atom is 0.338 e. The summed E-state index contributed by atoms with van der Waals surface area (Å²) in [5, 5.41) is 0. The van der Waals surface area contributed by atoms with Crippen molar-refractivity contribution < 1.29 is 27.5 Å². The summed E-state index contributed by atoms with van der Waals surface area (Å²) >= 11 is 0. The Morgan fingerprint density at radius 2 is 1.72 bits per heavy atom. The lowest BCUT2D eigenvalue weighted by Crippen LogP contribution is -2.38. The van der Waals surface area contributed by atoms with Crippen LogP contribution in [0.2, 0.25) is 0 Å². The molecule has 1 saturated heterocycles. The average Bonchev–Trinajstić information content (AvgIpc) is 3.37. The monoisotopic (exact) mass is 458 g/mol. The van der Waals surface area contributed by atoms with Crippen molar-refractivity contribution in [3.8, 4) is 5.75 Å². The quantitative estimate of drug-likeness (QED) is 0.617. The van der Waals surface area contributed by atoms with Gasteiger partial charge in [0.05, 0.1) is 12.7 Å². The number of sulfonamides is 1. The number of carbonyl (C=O) groups excluding carboxylic acids is 2. The molecule has 2 aromatic rings. The number of ether oxygens (including phenoxy) is 2. The molecular weight excluding hydrogens is 432 g/mol. The van der Waals surface area contributed by atoms with E-state index < -0.39 is 22.6 Å². The fourth-order valence-electron chi connectivity index (χ4n) is 4.08. The minimum atomic E-state index is -3.79. The fraction of sp³-hybridized carbons (Fsp3) is 0.391. The second-order valence-corrected chi connectivity index (χ2v) is 9.79. The standard InChI is InChI=1S/C23H26N2O6S/c1-30-20-9-8-18(14-21(20)32(28,29)25-11-4-5-12-25)23(27)31-16-22(26)24-13-10-17-6-2-3-7-19(17)15-24/h2-3,6-9,14H,4-5,10-13,15-16H2,1H3. The maximum absolute atomic E-state index is 13.0. The Morgan fingerprint density at radius 3 is 2.44 bits per heavy atom. The Balaban J connectivity index is 1.44. The molecule has 9 heteroatoms. The number of hydrogen-bond acceptors (Lipinski definition) is 6. The van der Waals surface area contributed by atoms with Crippen LogP contribution >= 0.6 is 0 Å². The summed E-state index contributed by atoms with van der Waals surface area (Å²) < 4.78 is 37.8. The van der Waals surface area contributed by atoms with E-state index in [1.54, 1.807) is 4.90 Å². The zero-order valence-corrected chi connectivity index (χ0v) is 18.8. The van der Waals surface area contributed by atoms with Gasteiger partial charge in [0.1, 0.15) is 10.6 Å². The van der Waals surface area contributed by atoms with Gasteiger partial charge in [0.2, 0.25) is 10.0 Å². The molecule has 0 bridgehead atoms. The van der Waals surface area contributed by atoms with E-state index in [1.807, 2.05) is 18.2 Å². The van der Waals surface area contributed by atoms with Crippen molar-refractivity contribution in [3.63, 3.8) is 0 Å². The molecule has 0 saturated carbocycles. The summed E-state index contributed by atoms with van der Waals surface area (Å²) in [5.41, 5.74) is 2.37. The topological polar surface area (TPSA) is 93.2 Å². The molecule has 0 unspecified atom stereocenters. The van der Waals surface area contributed by atoms with Crippen LogP contribution < -0.4 is 4.74 Å². The van der Waals surface area contributed by atoms with E-state index in [2.05, 4.69) is 6.07 Å². The van der Waals surface area contributed by atoms with Crippen molar-refractivity contribution in [1.29, 1.82) is 0 Å². The first-order valence-electron chi connectivity index (χ1n) is 10.6. The molecule has 32 heavy (non-hydrogen) atoms. The molecule has 2 heterocycles. The van der Waals surface area contributed by atoms with E-state index in [-0.39, 0.29) is 22.1 Å². The van der Waals surface area contributed by atoms with E-state index in [1.165, 1.54) is 35.2 Å². The average molecular weight is 459 g/mol. The van der Waals surface area contributed by atoms with Gasteiger partial charge in [-0.3, -0.25) is 4.79 Å². The highest BCUT2D eigenvalue weighted by atomic mass is 32.2. The molecule has 2 aromatic carbocycles. The third-order valence-electron chi connectivity index (χ3n) is 5.89. The molecule has 4 rings (SSSR count). The van der Waals surface area contributed by atoms with Crippen LogP contribution in [0.15, 0.2) is 47.4 Å². The van der Waals surface area contributed by atoms with Crippen molar-refractivity contribution in [3.05, 3.63) is 59.2 Å². The van der Waals surface area contributed by atoms with Crippen molar-refractivity contribution in [2.75, 3.05) is 33.4 Å². The summed E-state index contributed by atoms with van der Waals surface area (Å²) in [6.07, 6.45) is 2.35. The number of fused-ring (bicyclic) bond motifs is 1. The van der Waals surface area contributed by atoms with Gasteiger partial charge in [-0.1, -0.05) is 24.3 Å². The molecule has 0 spiro atoms. The predicted molar refractivity (Wildman–Crippen MR) is 117 cm³/mol. The zero-order chi connectivity index (χ0) is 22.7. The Labute approximate surface area is 187 Å². The van der Waals surface area contributed by atoms with Crippen LogP contribution in [0, 0.1) is 0 Å². The van der Waals surface area contributed by atoms with Crippen LogP contribution in [0.4, 0.5) is 0 Å². The normalized spacial score (nSPS) is 16.5. The molecule has 170 valence electrons. The Kier molecular flexibility index (Phi) is 6.48. The first kappa shape index (κ1) is 22.3. The third kappa shape index (κ3) is 4.49. The van der Waals surface area contributed by atoms with E-state index in [0.29, 0.717) is 26.2 Å². The number of hydrogen-bond donors (Lipinski definition) is 0. The predicted octanol–water partition coefficient (Wildman–Crippen LogP) is 2.22. The molecule has 1 amide bonds. The number of nitrogens with zero attached hydrogens (tertiary/aromatic N) is 2. The number of amides is 1. The second kappa shape index (κ2) is 9.30. The van der Waals surface area contributed by atoms with Gasteiger partial charge in [-0.2, -0.15) is 4.31 Å². The largest absolute Gasteiger partial charge is 0.495 e. The lowest BCUT2D eigenvalue weighted by molar-refractivity contribution is -0.135. The highest BCUT2D eigenvalue weighted by Crippen LogP contribution is 2.30. The third-order valence-corrected chi connectivity index (χ3v) is 7.81. The van der Waals surface area contributed by atoms with Gasteiger partial charge in [0.15, 0.2) is 6.61 Å². The number of methoxy groups -OCH3 is 1. The summed E-state index contributed by atoms with van der Waals surface area (Å²) in [4.78, 5) is 26.7. The van der Waals surface area contributed by atoms with Crippen LogP contribution in [0.1, 0.15) is 34.3 Å². The van der Waals surface area contributed by atoms with Crippen LogP contribution in [0.3, 0.4) is 0 Å². The lowest BCUT2D eigenvalue weighted by atomic mass is 10.00. The lowest BCUT2D eigenvalue weighted by Gasteiger charge is -2.28. The fourth-order valence-corrected chi connectivity index (χ4v) is 5.78. The van der Waals surface area contributed by atoms with Crippen molar-refractivity contribution in [1.82, 2.24) is 9.21 Å². The first-order valence-corrected chi connectivity index (χ1v) is 12.0. The Hall–Kier alpha value is -2.91. The summed E-state index contributed by atoms with van der Waals surface area (Å²) in [7, 11) is -2.41. The minimum absolute atomic E-state index is 0.0559. The van der Waals surface area contributed by atoms with Gasteiger partial charge in [0.25, 0.3) is 5.91 Å². The molecule has 0 N–H and O–H groups in total. The van der Waals surface area contributed by atoms with E-state index in [0.717, 1.165) is 24.8 Å². The Morgan fingerprint density at radius 1 is 1.00 bits per heavy atom. The molecule has 2 aliphatic heterocycles. The summed E-state index contributed by atoms with van der Waals surface area (Å²) in [6, 6.07) is 12.1. The molecule has 0 aliphatic carbocycles. The van der Waals surface area contributed by atoms with Crippen LogP contribution in [-0.4, -0.2) is 62.9 Å². The van der Waals surface area contributed by atoms with Crippen molar-refractivity contribution in [2.45, 2.75) is 30.7 Å². The van der Waals surface area contributed by atoms with Gasteiger partial charge in [-0.15, -0.1) is 0 Å². The smallest absolute Gasteiger partial charge is 0.338 e. The molecule has 2 aliphatic rings. The summed E-state index contributed by atoms with van der Waals surface area (Å²) in [5.74, 6) is -0.876. The van der Waals surface area contributed by atoms with E-state index >= 15 is 0 Å². The highest BCUT2D eigenvalue weighted by molar-refractivity contribution is 7.89. The molecule has 0 aromatic heterocycles. The first-order chi connectivity index (χ1) is 15.4. The Bertz CT molecular complexity index is 1130. The molecular formula is C23H26N2O6S. The molecule has 8 nitrogen and oxygen atoms in total. The van der Waals surface area contributed by atoms with Crippen molar-refractivity contribution >= 4 is 21.9 Å². The van der Waals surface area contributed by atoms with Gasteiger partial charge in [-0.25, -0.2) is 13.2 Å². The van der Waals surface area contributed by atoms with Crippen molar-refractivity contribution in [2.24, 2.45) is 0 Å². The van der Waals surface area contributed by atoms with Gasteiger partial charge < -0.3 is 14.4 Å². The molecule has 1 fully saturated rings. The zero-order valence-electron chi connectivity index (χ0n) is 18.0. The number of rotatable bonds is 6. The van der Waals surface area contributed by atoms with Crippen LogP contribution in [0.25, 0.3) is 0 Å². The maximum atomic E-state index is 13.0. The van der Waals surface area contributed by atoms with Gasteiger partial charge in [-0.05, 0) is 48.6 Å². The SMILES string of the molecule is COc1ccc(C(=O)OCC(=O)N2CCc3ccccc3C2)cc1S(=O)(=O)N1CCCC1. The molecule has 0 radical (unpaired) electrons.